The molecule has 2 heterocycles. The zero-order valence-corrected chi connectivity index (χ0v) is 21.9. The minimum absolute atomic E-state index is 0.0678. The van der Waals surface area contributed by atoms with Gasteiger partial charge in [0.05, 0.1) is 11.6 Å². The zero-order chi connectivity index (χ0) is 26.5. The molecule has 1 aliphatic rings. The maximum Gasteiger partial charge on any atom is 0.256 e. The molecule has 5 rings (SSSR count). The predicted molar refractivity (Wildman–Crippen MR) is 152 cm³/mol. The van der Waals surface area contributed by atoms with Crippen LogP contribution in [0.5, 0.6) is 0 Å². The van der Waals surface area contributed by atoms with E-state index < -0.39 is 0 Å². The molecule has 8 heteroatoms. The Morgan fingerprint density at radius 2 is 1.63 bits per heavy atom. The average molecular weight is 511 g/mol. The van der Waals surface area contributed by atoms with Crippen LogP contribution in [0.25, 0.3) is 10.9 Å². The Hall–Kier alpha value is -4.17. The maximum atomic E-state index is 13.2. The van der Waals surface area contributed by atoms with Gasteiger partial charge >= 0.3 is 0 Å². The molecular weight excluding hydrogens is 476 g/mol. The monoisotopic (exact) mass is 510 g/mol. The third-order valence-electron chi connectivity index (χ3n) is 7.14. The number of nitrogens with one attached hydrogen (secondary N) is 3. The van der Waals surface area contributed by atoms with Crippen molar-refractivity contribution in [3.05, 3.63) is 89.5 Å². The number of anilines is 2. The van der Waals surface area contributed by atoms with Gasteiger partial charge in [-0.15, -0.1) is 0 Å². The molecule has 1 fully saturated rings. The van der Waals surface area contributed by atoms with E-state index in [1.165, 1.54) is 0 Å². The molecule has 0 spiro atoms. The van der Waals surface area contributed by atoms with E-state index in [2.05, 4.69) is 44.6 Å². The summed E-state index contributed by atoms with van der Waals surface area (Å²) in [7, 11) is 2.13. The van der Waals surface area contributed by atoms with E-state index in [1.807, 2.05) is 60.7 Å². The van der Waals surface area contributed by atoms with Crippen LogP contribution in [0.15, 0.2) is 72.8 Å². The van der Waals surface area contributed by atoms with E-state index >= 15 is 0 Å². The summed E-state index contributed by atoms with van der Waals surface area (Å²) in [5.74, 6) is -0.00611. The third-order valence-corrected chi connectivity index (χ3v) is 7.14. The molecule has 1 atom stereocenters. The van der Waals surface area contributed by atoms with Crippen LogP contribution in [0.1, 0.15) is 52.1 Å². The van der Waals surface area contributed by atoms with Gasteiger partial charge < -0.3 is 20.4 Å². The van der Waals surface area contributed by atoms with Crippen LogP contribution in [0.4, 0.5) is 11.5 Å². The third kappa shape index (κ3) is 5.70. The van der Waals surface area contributed by atoms with E-state index in [4.69, 9.17) is 0 Å². The highest BCUT2D eigenvalue weighted by Gasteiger charge is 2.18. The van der Waals surface area contributed by atoms with E-state index in [-0.39, 0.29) is 17.9 Å². The SMILES string of the molecule is CCC[C@@H](NC(=O)c1ccc2[nH]nc(NC(=O)c3ccc(N4CCN(C)CC4)cc3)c2c1)c1ccccc1. The van der Waals surface area contributed by atoms with Gasteiger partial charge in [-0.25, -0.2) is 0 Å². The van der Waals surface area contributed by atoms with Crippen LogP contribution >= 0.6 is 0 Å². The molecule has 3 N–H and O–H groups in total. The number of carbonyl (C=O) groups is 2. The molecule has 196 valence electrons. The number of hydrogen-bond donors (Lipinski definition) is 3. The Morgan fingerprint density at radius 1 is 0.921 bits per heavy atom. The smallest absolute Gasteiger partial charge is 0.256 e. The van der Waals surface area contributed by atoms with Gasteiger partial charge in [0.25, 0.3) is 11.8 Å². The number of fused-ring (bicyclic) bond motifs is 1. The first-order valence-electron chi connectivity index (χ1n) is 13.2. The Labute approximate surface area is 223 Å². The molecule has 1 aliphatic heterocycles. The van der Waals surface area contributed by atoms with Crippen molar-refractivity contribution in [1.82, 2.24) is 20.4 Å². The van der Waals surface area contributed by atoms with Gasteiger partial charge in [-0.1, -0.05) is 43.7 Å². The average Bonchev–Trinajstić information content (AvgIpc) is 3.35. The fourth-order valence-corrected chi connectivity index (χ4v) is 4.86. The van der Waals surface area contributed by atoms with Crippen molar-refractivity contribution >= 4 is 34.2 Å². The second kappa shape index (κ2) is 11.5. The number of likely N-dealkylation sites (N-methyl/N-ethyl adjacent to an activating group) is 1. The topological polar surface area (TPSA) is 93.4 Å². The first kappa shape index (κ1) is 25.5. The predicted octanol–water partition coefficient (Wildman–Crippen LogP) is 4.84. The number of amides is 2. The molecule has 0 radical (unpaired) electrons. The first-order chi connectivity index (χ1) is 18.5. The van der Waals surface area contributed by atoms with Gasteiger partial charge in [0, 0.05) is 48.4 Å². The normalized spacial score (nSPS) is 14.8. The van der Waals surface area contributed by atoms with Crippen molar-refractivity contribution in [3.8, 4) is 0 Å². The summed E-state index contributed by atoms with van der Waals surface area (Å²) in [6, 6.07) is 23.0. The van der Waals surface area contributed by atoms with Gasteiger partial charge in [0.15, 0.2) is 5.82 Å². The fourth-order valence-electron chi connectivity index (χ4n) is 4.86. The Morgan fingerprint density at radius 3 is 2.34 bits per heavy atom. The van der Waals surface area contributed by atoms with Crippen LogP contribution in [0.3, 0.4) is 0 Å². The quantitative estimate of drug-likeness (QED) is 0.316. The van der Waals surface area contributed by atoms with Crippen LogP contribution in [-0.2, 0) is 0 Å². The number of piperazine rings is 1. The fraction of sp³-hybridized carbons (Fsp3) is 0.300. The lowest BCUT2D eigenvalue weighted by Gasteiger charge is -2.34. The number of carbonyl (C=O) groups excluding carboxylic acids is 2. The lowest BCUT2D eigenvalue weighted by Crippen LogP contribution is -2.44. The summed E-state index contributed by atoms with van der Waals surface area (Å²) < 4.78 is 0. The lowest BCUT2D eigenvalue weighted by atomic mass is 10.0. The summed E-state index contributed by atoms with van der Waals surface area (Å²) in [4.78, 5) is 30.8. The summed E-state index contributed by atoms with van der Waals surface area (Å²) in [6.07, 6.45) is 1.80. The molecule has 0 bridgehead atoms. The minimum atomic E-state index is -0.245. The highest BCUT2D eigenvalue weighted by molar-refractivity contribution is 6.09. The number of hydrogen-bond acceptors (Lipinski definition) is 5. The number of rotatable bonds is 8. The van der Waals surface area contributed by atoms with E-state index in [0.717, 1.165) is 55.8 Å². The summed E-state index contributed by atoms with van der Waals surface area (Å²) in [5, 5.41) is 14.0. The summed E-state index contributed by atoms with van der Waals surface area (Å²) in [5.41, 5.74) is 4.02. The Kier molecular flexibility index (Phi) is 7.70. The number of aromatic nitrogens is 2. The number of nitrogens with zero attached hydrogens (tertiary/aromatic N) is 3. The summed E-state index contributed by atoms with van der Waals surface area (Å²) in [6.45, 7) is 6.11. The Balaban J connectivity index is 1.29. The highest BCUT2D eigenvalue weighted by atomic mass is 16.2. The van der Waals surface area contributed by atoms with Crippen molar-refractivity contribution in [2.75, 3.05) is 43.4 Å². The van der Waals surface area contributed by atoms with Gasteiger partial charge in [0.1, 0.15) is 0 Å². The van der Waals surface area contributed by atoms with Crippen molar-refractivity contribution in [1.29, 1.82) is 0 Å². The molecule has 0 aliphatic carbocycles. The van der Waals surface area contributed by atoms with Crippen molar-refractivity contribution < 1.29 is 9.59 Å². The highest BCUT2D eigenvalue weighted by Crippen LogP contribution is 2.25. The molecule has 0 unspecified atom stereocenters. The van der Waals surface area contributed by atoms with Crippen molar-refractivity contribution in [2.24, 2.45) is 0 Å². The second-order valence-corrected chi connectivity index (χ2v) is 9.85. The largest absolute Gasteiger partial charge is 0.369 e. The second-order valence-electron chi connectivity index (χ2n) is 9.85. The number of aromatic amines is 1. The molecular formula is C30H34N6O2. The van der Waals surface area contributed by atoms with E-state index in [1.54, 1.807) is 12.1 Å². The molecule has 8 nitrogen and oxygen atoms in total. The van der Waals surface area contributed by atoms with Gasteiger partial charge in [-0.05, 0) is 61.5 Å². The molecule has 0 saturated carbocycles. The van der Waals surface area contributed by atoms with Crippen LogP contribution in [-0.4, -0.2) is 60.1 Å². The standard InChI is InChI=1S/C30H34N6O2/c1-3-7-26(21-8-5-4-6-9-21)31-30(38)23-12-15-27-25(20-23)28(34-33-27)32-29(37)22-10-13-24(14-11-22)36-18-16-35(2)17-19-36/h4-6,8-15,20,26H,3,7,16-19H2,1-2H3,(H,31,38)(H2,32,33,34,37)/t26-/m1/s1. The lowest BCUT2D eigenvalue weighted by molar-refractivity contribution is 0.0934. The Bertz CT molecular complexity index is 1390. The summed E-state index contributed by atoms with van der Waals surface area (Å²) >= 11 is 0. The maximum absolute atomic E-state index is 13.2. The van der Waals surface area contributed by atoms with Gasteiger partial charge in [-0.2, -0.15) is 5.10 Å². The molecule has 38 heavy (non-hydrogen) atoms. The van der Waals surface area contributed by atoms with Crippen molar-refractivity contribution in [3.63, 3.8) is 0 Å². The van der Waals surface area contributed by atoms with Crippen LogP contribution in [0.2, 0.25) is 0 Å². The number of benzene rings is 3. The van der Waals surface area contributed by atoms with Crippen LogP contribution < -0.4 is 15.5 Å². The van der Waals surface area contributed by atoms with Gasteiger partial charge in [0.2, 0.25) is 0 Å². The molecule has 1 saturated heterocycles. The minimum Gasteiger partial charge on any atom is -0.369 e. The number of H-pyrrole nitrogens is 1. The first-order valence-corrected chi connectivity index (χ1v) is 13.2. The van der Waals surface area contributed by atoms with Crippen molar-refractivity contribution in [2.45, 2.75) is 25.8 Å². The van der Waals surface area contributed by atoms with Crippen LogP contribution in [0, 0.1) is 0 Å². The molecule has 3 aromatic carbocycles. The molecule has 2 amide bonds. The molecule has 1 aromatic heterocycles. The zero-order valence-electron chi connectivity index (χ0n) is 21.9. The van der Waals surface area contributed by atoms with E-state index in [9.17, 15) is 9.59 Å². The molecule has 4 aromatic rings. The van der Waals surface area contributed by atoms with Gasteiger partial charge in [-0.3, -0.25) is 14.7 Å². The van der Waals surface area contributed by atoms with E-state index in [0.29, 0.717) is 22.3 Å².